The molecule has 2 N–H and O–H groups in total. The molecular formula is C17H19BrN2O3S. The molecule has 0 aromatic heterocycles. The van der Waals surface area contributed by atoms with Crippen molar-refractivity contribution < 1.29 is 13.2 Å². The van der Waals surface area contributed by atoms with Gasteiger partial charge in [-0.3, -0.25) is 4.79 Å². The molecule has 0 fully saturated rings. The Morgan fingerprint density at radius 1 is 1.17 bits per heavy atom. The van der Waals surface area contributed by atoms with Crippen LogP contribution in [-0.4, -0.2) is 25.2 Å². The van der Waals surface area contributed by atoms with Gasteiger partial charge in [0.15, 0.2) is 0 Å². The summed E-state index contributed by atoms with van der Waals surface area (Å²) in [4.78, 5) is 11.3. The number of amides is 1. The Hall–Kier alpha value is -1.70. The van der Waals surface area contributed by atoms with Crippen molar-refractivity contribution in [1.29, 1.82) is 0 Å². The van der Waals surface area contributed by atoms with E-state index in [0.29, 0.717) is 0 Å². The Labute approximate surface area is 150 Å². The van der Waals surface area contributed by atoms with Gasteiger partial charge in [0.1, 0.15) is 0 Å². The second kappa shape index (κ2) is 7.92. The second-order valence-electron chi connectivity index (χ2n) is 5.45. The lowest BCUT2D eigenvalue weighted by Crippen LogP contribution is -2.33. The van der Waals surface area contributed by atoms with Gasteiger partial charge in [-0.1, -0.05) is 46.3 Å². The number of primary amides is 1. The summed E-state index contributed by atoms with van der Waals surface area (Å²) in [5, 5.41) is 0. The first-order valence-corrected chi connectivity index (χ1v) is 9.62. The SMILES string of the molecule is Cc1cc(S(=O)(=O)N(CCC(N)=O)Cc2ccccc2)ccc1Br. The van der Waals surface area contributed by atoms with Crippen LogP contribution in [0.25, 0.3) is 0 Å². The summed E-state index contributed by atoms with van der Waals surface area (Å²) >= 11 is 3.37. The van der Waals surface area contributed by atoms with Gasteiger partial charge >= 0.3 is 0 Å². The summed E-state index contributed by atoms with van der Waals surface area (Å²) in [7, 11) is -3.73. The van der Waals surface area contributed by atoms with Crippen LogP contribution in [0.3, 0.4) is 0 Å². The van der Waals surface area contributed by atoms with Crippen LogP contribution in [0.15, 0.2) is 57.9 Å². The maximum atomic E-state index is 13.0. The van der Waals surface area contributed by atoms with E-state index in [2.05, 4.69) is 15.9 Å². The predicted octanol–water partition coefficient (Wildman–Crippen LogP) is 2.82. The fourth-order valence-corrected chi connectivity index (χ4v) is 3.99. The molecule has 0 aliphatic carbocycles. The zero-order chi connectivity index (χ0) is 17.7. The van der Waals surface area contributed by atoms with Crippen molar-refractivity contribution in [2.45, 2.75) is 24.8 Å². The standard InChI is InChI=1S/C17H19BrN2O3S/c1-13-11-15(7-8-16(13)18)24(22,23)20(10-9-17(19)21)12-14-5-3-2-4-6-14/h2-8,11H,9-10,12H2,1H3,(H2,19,21). The van der Waals surface area contributed by atoms with Gasteiger partial charge in [0.25, 0.3) is 0 Å². The molecule has 0 unspecified atom stereocenters. The first-order valence-electron chi connectivity index (χ1n) is 7.39. The van der Waals surface area contributed by atoms with Crippen molar-refractivity contribution in [1.82, 2.24) is 4.31 Å². The van der Waals surface area contributed by atoms with E-state index in [-0.39, 0.29) is 24.4 Å². The molecule has 2 aromatic carbocycles. The second-order valence-corrected chi connectivity index (χ2v) is 8.24. The highest BCUT2D eigenvalue weighted by molar-refractivity contribution is 9.10. The largest absolute Gasteiger partial charge is 0.370 e. The molecule has 0 spiro atoms. The Morgan fingerprint density at radius 2 is 1.83 bits per heavy atom. The minimum Gasteiger partial charge on any atom is -0.370 e. The van der Waals surface area contributed by atoms with Gasteiger partial charge in [0, 0.05) is 24.0 Å². The lowest BCUT2D eigenvalue weighted by Gasteiger charge is -2.22. The third-order valence-corrected chi connectivity index (χ3v) is 6.31. The van der Waals surface area contributed by atoms with Crippen molar-refractivity contribution in [3.63, 3.8) is 0 Å². The van der Waals surface area contributed by atoms with Crippen LogP contribution in [0, 0.1) is 6.92 Å². The Balaban J connectivity index is 2.36. The smallest absolute Gasteiger partial charge is 0.243 e. The van der Waals surface area contributed by atoms with Crippen LogP contribution in [0.2, 0.25) is 0 Å². The van der Waals surface area contributed by atoms with E-state index in [9.17, 15) is 13.2 Å². The molecule has 5 nitrogen and oxygen atoms in total. The monoisotopic (exact) mass is 410 g/mol. The molecule has 1 amide bonds. The number of sulfonamides is 1. The molecule has 0 atom stereocenters. The Morgan fingerprint density at radius 3 is 2.42 bits per heavy atom. The van der Waals surface area contributed by atoms with Gasteiger partial charge in [0.2, 0.25) is 15.9 Å². The first-order chi connectivity index (χ1) is 11.3. The minimum atomic E-state index is -3.73. The van der Waals surface area contributed by atoms with Gasteiger partial charge in [-0.05, 0) is 36.2 Å². The van der Waals surface area contributed by atoms with Crippen molar-refractivity contribution >= 4 is 31.9 Å². The molecule has 0 bridgehead atoms. The van der Waals surface area contributed by atoms with Gasteiger partial charge in [-0.15, -0.1) is 0 Å². The molecule has 0 saturated carbocycles. The number of carbonyl (C=O) groups excluding carboxylic acids is 1. The Kier molecular flexibility index (Phi) is 6.15. The quantitative estimate of drug-likeness (QED) is 0.761. The van der Waals surface area contributed by atoms with Crippen molar-refractivity contribution in [3.8, 4) is 0 Å². The maximum Gasteiger partial charge on any atom is 0.243 e. The topological polar surface area (TPSA) is 80.5 Å². The highest BCUT2D eigenvalue weighted by Gasteiger charge is 2.25. The molecular weight excluding hydrogens is 392 g/mol. The van der Waals surface area contributed by atoms with E-state index in [0.717, 1.165) is 15.6 Å². The fraction of sp³-hybridized carbons (Fsp3) is 0.235. The first kappa shape index (κ1) is 18.6. The molecule has 2 rings (SSSR count). The average Bonchev–Trinajstić information content (AvgIpc) is 2.54. The molecule has 24 heavy (non-hydrogen) atoms. The van der Waals surface area contributed by atoms with Gasteiger partial charge in [-0.2, -0.15) is 4.31 Å². The zero-order valence-corrected chi connectivity index (χ0v) is 15.7. The molecule has 0 heterocycles. The zero-order valence-electron chi connectivity index (χ0n) is 13.3. The van der Waals surface area contributed by atoms with E-state index in [1.165, 1.54) is 4.31 Å². The molecule has 0 aliphatic rings. The van der Waals surface area contributed by atoms with Crippen LogP contribution in [0.4, 0.5) is 0 Å². The summed E-state index contributed by atoms with van der Waals surface area (Å²) in [6, 6.07) is 14.1. The highest BCUT2D eigenvalue weighted by atomic mass is 79.9. The summed E-state index contributed by atoms with van der Waals surface area (Å²) in [5.74, 6) is -0.532. The number of carbonyl (C=O) groups is 1. The van der Waals surface area contributed by atoms with Crippen molar-refractivity contribution in [2.24, 2.45) is 5.73 Å². The van der Waals surface area contributed by atoms with E-state index >= 15 is 0 Å². The molecule has 2 aromatic rings. The van der Waals surface area contributed by atoms with Crippen molar-refractivity contribution in [3.05, 3.63) is 64.1 Å². The lowest BCUT2D eigenvalue weighted by molar-refractivity contribution is -0.118. The van der Waals surface area contributed by atoms with Crippen molar-refractivity contribution in [2.75, 3.05) is 6.54 Å². The lowest BCUT2D eigenvalue weighted by atomic mass is 10.2. The number of hydrogen-bond acceptors (Lipinski definition) is 3. The molecule has 7 heteroatoms. The molecule has 0 aliphatic heterocycles. The number of benzene rings is 2. The average molecular weight is 411 g/mol. The molecule has 0 saturated heterocycles. The van der Waals surface area contributed by atoms with Crippen LogP contribution >= 0.6 is 15.9 Å². The minimum absolute atomic E-state index is 0.0262. The van der Waals surface area contributed by atoms with Gasteiger partial charge in [-0.25, -0.2) is 8.42 Å². The number of rotatable bonds is 7. The van der Waals surface area contributed by atoms with Crippen LogP contribution in [0.1, 0.15) is 17.5 Å². The summed E-state index contributed by atoms with van der Waals surface area (Å²) in [6.45, 7) is 2.06. The predicted molar refractivity (Wildman–Crippen MR) is 96.7 cm³/mol. The van der Waals surface area contributed by atoms with Gasteiger partial charge < -0.3 is 5.73 Å². The normalized spacial score (nSPS) is 11.6. The number of hydrogen-bond donors (Lipinski definition) is 1. The van der Waals surface area contributed by atoms with E-state index in [4.69, 9.17) is 5.73 Å². The number of aryl methyl sites for hydroxylation is 1. The van der Waals surface area contributed by atoms with E-state index in [1.807, 2.05) is 37.3 Å². The number of nitrogens with two attached hydrogens (primary N) is 1. The fourth-order valence-electron chi connectivity index (χ4n) is 2.23. The number of nitrogens with zero attached hydrogens (tertiary/aromatic N) is 1. The number of halogens is 1. The van der Waals surface area contributed by atoms with Crippen LogP contribution in [0.5, 0.6) is 0 Å². The van der Waals surface area contributed by atoms with E-state index < -0.39 is 15.9 Å². The van der Waals surface area contributed by atoms with E-state index in [1.54, 1.807) is 18.2 Å². The third kappa shape index (κ3) is 4.66. The third-order valence-electron chi connectivity index (χ3n) is 3.58. The van der Waals surface area contributed by atoms with Crippen LogP contribution < -0.4 is 5.73 Å². The van der Waals surface area contributed by atoms with Gasteiger partial charge in [0.05, 0.1) is 4.90 Å². The highest BCUT2D eigenvalue weighted by Crippen LogP contribution is 2.24. The summed E-state index contributed by atoms with van der Waals surface area (Å²) < 4.78 is 28.1. The summed E-state index contributed by atoms with van der Waals surface area (Å²) in [5.41, 5.74) is 6.86. The van der Waals surface area contributed by atoms with Crippen LogP contribution in [-0.2, 0) is 21.4 Å². The summed E-state index contributed by atoms with van der Waals surface area (Å²) in [6.07, 6.45) is -0.0262. The molecule has 128 valence electrons. The maximum absolute atomic E-state index is 13.0. The Bertz CT molecular complexity index is 823. The molecule has 0 radical (unpaired) electrons.